The minimum absolute atomic E-state index is 0.0581. The van der Waals surface area contributed by atoms with Crippen LogP contribution >= 0.6 is 0 Å². The quantitative estimate of drug-likeness (QED) is 0.229. The second-order valence-corrected chi connectivity index (χ2v) is 6.45. The molecule has 0 aliphatic heterocycles. The predicted octanol–water partition coefficient (Wildman–Crippen LogP) is 3.74. The first kappa shape index (κ1) is 20.9. The molecule has 25 heavy (non-hydrogen) atoms. The molecule has 0 bridgehead atoms. The number of rotatable bonds is 10. The number of amides is 1. The second-order valence-electron chi connectivity index (χ2n) is 6.45. The van der Waals surface area contributed by atoms with E-state index in [2.05, 4.69) is 11.9 Å². The van der Waals surface area contributed by atoms with Gasteiger partial charge in [-0.05, 0) is 37.6 Å². The molecule has 0 heterocycles. The Balaban J connectivity index is 2.41. The van der Waals surface area contributed by atoms with Crippen LogP contribution in [0.2, 0.25) is 0 Å². The number of hydrogen-bond acceptors (Lipinski definition) is 5. The van der Waals surface area contributed by atoms with Gasteiger partial charge in [-0.2, -0.15) is 0 Å². The second kappa shape index (κ2) is 9.96. The van der Waals surface area contributed by atoms with Gasteiger partial charge < -0.3 is 10.1 Å². The summed E-state index contributed by atoms with van der Waals surface area (Å²) in [6.07, 6.45) is 0.737. The van der Waals surface area contributed by atoms with Crippen LogP contribution in [0.3, 0.4) is 0 Å². The number of nitrogens with one attached hydrogen (secondary N) is 1. The van der Waals surface area contributed by atoms with Gasteiger partial charge in [-0.1, -0.05) is 32.9 Å². The van der Waals surface area contributed by atoms with Gasteiger partial charge in [0, 0.05) is 11.1 Å². The summed E-state index contributed by atoms with van der Waals surface area (Å²) < 4.78 is 5.07. The summed E-state index contributed by atoms with van der Waals surface area (Å²) in [6.45, 7) is 11.7. The minimum atomic E-state index is -0.463. The molecule has 0 aromatic heterocycles. The van der Waals surface area contributed by atoms with Crippen molar-refractivity contribution in [3.8, 4) is 0 Å². The zero-order valence-corrected chi connectivity index (χ0v) is 15.4. The van der Waals surface area contributed by atoms with Gasteiger partial charge in [0.2, 0.25) is 5.91 Å². The largest absolute Gasteiger partial charge is 0.460 e. The van der Waals surface area contributed by atoms with Gasteiger partial charge in [-0.25, -0.2) is 14.6 Å². The molecule has 0 saturated heterocycles. The zero-order chi connectivity index (χ0) is 18.9. The minimum Gasteiger partial charge on any atom is -0.460 e. The number of ether oxygens (including phenoxy) is 1. The number of hydrogen-bond donors (Lipinski definition) is 1. The first-order valence-corrected chi connectivity index (χ1v) is 8.23. The molecular formula is C19H27NO5. The molecule has 0 radical (unpaired) electrons. The molecule has 1 rings (SSSR count). The monoisotopic (exact) mass is 349 g/mol. The van der Waals surface area contributed by atoms with Gasteiger partial charge in [-0.15, -0.1) is 0 Å². The highest BCUT2D eigenvalue weighted by molar-refractivity contribution is 5.95. The molecule has 0 aliphatic rings. The molecule has 138 valence electrons. The molecule has 6 nitrogen and oxygen atoms in total. The smallest absolute Gasteiger partial charge is 0.338 e. The summed E-state index contributed by atoms with van der Waals surface area (Å²) in [7, 11) is 0. The summed E-state index contributed by atoms with van der Waals surface area (Å²) >= 11 is 0. The lowest BCUT2D eigenvalue weighted by Crippen LogP contribution is -2.29. The molecule has 1 aromatic carbocycles. The van der Waals surface area contributed by atoms with Crippen molar-refractivity contribution in [1.82, 2.24) is 0 Å². The van der Waals surface area contributed by atoms with E-state index in [4.69, 9.17) is 14.5 Å². The molecule has 0 atom stereocenters. The highest BCUT2D eigenvalue weighted by atomic mass is 17.2. The summed E-state index contributed by atoms with van der Waals surface area (Å²) in [6, 6.07) is 6.56. The maximum Gasteiger partial charge on any atom is 0.338 e. The SMILES string of the molecule is C=C(C)COOCCOC(=O)c1ccc(NC(=O)C(C)(C)CC)cc1. The maximum absolute atomic E-state index is 12.1. The van der Waals surface area contributed by atoms with Crippen molar-refractivity contribution in [1.29, 1.82) is 0 Å². The van der Waals surface area contributed by atoms with Crippen LogP contribution in [-0.4, -0.2) is 31.7 Å². The molecule has 1 N–H and O–H groups in total. The van der Waals surface area contributed by atoms with E-state index < -0.39 is 11.4 Å². The van der Waals surface area contributed by atoms with Crippen molar-refractivity contribution in [3.05, 3.63) is 42.0 Å². The van der Waals surface area contributed by atoms with E-state index in [-0.39, 0.29) is 19.1 Å². The van der Waals surface area contributed by atoms with Crippen LogP contribution in [0, 0.1) is 5.41 Å². The third-order valence-electron chi connectivity index (χ3n) is 3.67. The number of carbonyl (C=O) groups is 2. The van der Waals surface area contributed by atoms with E-state index in [1.165, 1.54) is 0 Å². The van der Waals surface area contributed by atoms with Gasteiger partial charge >= 0.3 is 5.97 Å². The molecule has 1 aromatic rings. The highest BCUT2D eigenvalue weighted by Gasteiger charge is 2.25. The first-order chi connectivity index (χ1) is 11.8. The van der Waals surface area contributed by atoms with Crippen LogP contribution in [0.5, 0.6) is 0 Å². The average molecular weight is 349 g/mol. The van der Waals surface area contributed by atoms with Crippen molar-refractivity contribution < 1.29 is 24.1 Å². The lowest BCUT2D eigenvalue weighted by Gasteiger charge is -2.21. The molecule has 1 amide bonds. The van der Waals surface area contributed by atoms with Crippen LogP contribution < -0.4 is 5.32 Å². The number of anilines is 1. The van der Waals surface area contributed by atoms with Gasteiger partial charge in [0.25, 0.3) is 0 Å². The zero-order valence-electron chi connectivity index (χ0n) is 15.4. The molecule has 0 saturated carbocycles. The number of benzene rings is 1. The van der Waals surface area contributed by atoms with Gasteiger partial charge in [0.15, 0.2) is 0 Å². The normalized spacial score (nSPS) is 11.0. The topological polar surface area (TPSA) is 73.9 Å². The number of esters is 1. The van der Waals surface area contributed by atoms with Crippen LogP contribution in [0.1, 0.15) is 44.5 Å². The summed E-state index contributed by atoms with van der Waals surface area (Å²) in [4.78, 5) is 33.7. The highest BCUT2D eigenvalue weighted by Crippen LogP contribution is 2.22. The lowest BCUT2D eigenvalue weighted by molar-refractivity contribution is -0.291. The van der Waals surface area contributed by atoms with Crippen LogP contribution in [0.4, 0.5) is 5.69 Å². The van der Waals surface area contributed by atoms with Gasteiger partial charge in [0.05, 0.1) is 5.56 Å². The Bertz CT molecular complexity index is 592. The van der Waals surface area contributed by atoms with E-state index in [9.17, 15) is 9.59 Å². The molecular weight excluding hydrogens is 322 g/mol. The van der Waals surface area contributed by atoms with Gasteiger partial charge in [-0.3, -0.25) is 4.79 Å². The Morgan fingerprint density at radius 3 is 2.32 bits per heavy atom. The van der Waals surface area contributed by atoms with E-state index in [0.717, 1.165) is 12.0 Å². The Morgan fingerprint density at radius 1 is 1.12 bits per heavy atom. The fourth-order valence-corrected chi connectivity index (χ4v) is 1.60. The van der Waals surface area contributed by atoms with Crippen molar-refractivity contribution in [2.24, 2.45) is 5.41 Å². The van der Waals surface area contributed by atoms with E-state index in [0.29, 0.717) is 17.9 Å². The maximum atomic E-state index is 12.1. The van der Waals surface area contributed by atoms with Crippen molar-refractivity contribution >= 4 is 17.6 Å². The fourth-order valence-electron chi connectivity index (χ4n) is 1.60. The third kappa shape index (κ3) is 7.49. The van der Waals surface area contributed by atoms with Crippen molar-refractivity contribution in [2.75, 3.05) is 25.1 Å². The van der Waals surface area contributed by atoms with Gasteiger partial charge in [0.1, 0.15) is 19.8 Å². The van der Waals surface area contributed by atoms with Crippen LogP contribution in [0.15, 0.2) is 36.4 Å². The Labute approximate surface area is 149 Å². The van der Waals surface area contributed by atoms with E-state index in [1.54, 1.807) is 24.3 Å². The van der Waals surface area contributed by atoms with Crippen molar-refractivity contribution in [2.45, 2.75) is 34.1 Å². The molecule has 0 fully saturated rings. The van der Waals surface area contributed by atoms with Crippen molar-refractivity contribution in [3.63, 3.8) is 0 Å². The fraction of sp³-hybridized carbons (Fsp3) is 0.474. The summed E-state index contributed by atoms with van der Waals surface area (Å²) in [5.74, 6) is -0.521. The first-order valence-electron chi connectivity index (χ1n) is 8.23. The Kier molecular flexibility index (Phi) is 8.31. The van der Waals surface area contributed by atoms with Crippen LogP contribution in [-0.2, 0) is 19.3 Å². The average Bonchev–Trinajstić information content (AvgIpc) is 2.58. The standard InChI is InChI=1S/C19H27NO5/c1-6-19(4,5)18(22)20-16-9-7-15(8-10-16)17(21)23-11-12-24-25-13-14(2)3/h7-10H,2,6,11-13H2,1,3-5H3,(H,20,22). The molecule has 6 heteroatoms. The van der Waals surface area contributed by atoms with E-state index >= 15 is 0 Å². The molecule has 0 aliphatic carbocycles. The van der Waals surface area contributed by atoms with Crippen LogP contribution in [0.25, 0.3) is 0 Å². The summed E-state index contributed by atoms with van der Waals surface area (Å²) in [5.41, 5.74) is 1.44. The molecule has 0 spiro atoms. The Morgan fingerprint density at radius 2 is 1.76 bits per heavy atom. The summed E-state index contributed by atoms with van der Waals surface area (Å²) in [5, 5.41) is 2.84. The number of carbonyl (C=O) groups excluding carboxylic acids is 2. The lowest BCUT2D eigenvalue weighted by atomic mass is 9.89. The predicted molar refractivity (Wildman–Crippen MR) is 96.1 cm³/mol. The molecule has 0 unspecified atom stereocenters. The third-order valence-corrected chi connectivity index (χ3v) is 3.67. The van der Waals surface area contributed by atoms with E-state index in [1.807, 2.05) is 27.7 Å². The Hall–Kier alpha value is -2.18.